The fourth-order valence-electron chi connectivity index (χ4n) is 3.99. The second-order valence-electron chi connectivity index (χ2n) is 9.90. The van der Waals surface area contributed by atoms with Gasteiger partial charge in [-0.05, 0) is 58.2 Å². The quantitative estimate of drug-likeness (QED) is 0.528. The lowest BCUT2D eigenvalue weighted by molar-refractivity contribution is 0.0448. The van der Waals surface area contributed by atoms with Crippen LogP contribution in [0.1, 0.15) is 46.1 Å². The van der Waals surface area contributed by atoms with Crippen LogP contribution >= 0.6 is 12.6 Å². The topological polar surface area (TPSA) is 94.4 Å². The molecule has 0 bridgehead atoms. The van der Waals surface area contributed by atoms with Gasteiger partial charge in [-0.15, -0.1) is 12.6 Å². The van der Waals surface area contributed by atoms with E-state index in [4.69, 9.17) is 14.5 Å². The van der Waals surface area contributed by atoms with Crippen LogP contribution in [0.25, 0.3) is 11.2 Å². The van der Waals surface area contributed by atoms with Crippen molar-refractivity contribution in [3.05, 3.63) is 36.0 Å². The van der Waals surface area contributed by atoms with Crippen LogP contribution in [0.3, 0.4) is 0 Å². The summed E-state index contributed by atoms with van der Waals surface area (Å²) in [6, 6.07) is 7.86. The molecule has 1 fully saturated rings. The number of anilines is 1. The Morgan fingerprint density at radius 2 is 1.88 bits per heavy atom. The maximum Gasteiger partial charge on any atom is 0.408 e. The summed E-state index contributed by atoms with van der Waals surface area (Å²) in [5.41, 5.74) is 1.60. The smallest absolute Gasteiger partial charge is 0.408 e. The number of amides is 1. The number of rotatable bonds is 5. The van der Waals surface area contributed by atoms with Crippen LogP contribution in [-0.4, -0.2) is 57.2 Å². The fourth-order valence-corrected chi connectivity index (χ4v) is 4.25. The van der Waals surface area contributed by atoms with Gasteiger partial charge in [0, 0.05) is 18.6 Å². The SMILES string of the molecule is COc1ccc(Cn2nc(S)c3ncc(N4CCC(C)(NC(=O)OC(C)(C)C)CC4)nc32)cc1. The van der Waals surface area contributed by atoms with Gasteiger partial charge in [0.2, 0.25) is 0 Å². The Kier molecular flexibility index (Phi) is 6.62. The van der Waals surface area contributed by atoms with E-state index < -0.39 is 5.60 Å². The maximum absolute atomic E-state index is 12.3. The highest BCUT2D eigenvalue weighted by Crippen LogP contribution is 2.27. The van der Waals surface area contributed by atoms with Gasteiger partial charge in [-0.2, -0.15) is 5.10 Å². The number of fused-ring (bicyclic) bond motifs is 1. The molecule has 1 amide bonds. The Hall–Kier alpha value is -3.01. The number of alkyl carbamates (subject to hydrolysis) is 1. The minimum Gasteiger partial charge on any atom is -0.497 e. The second kappa shape index (κ2) is 9.32. The lowest BCUT2D eigenvalue weighted by atomic mass is 9.90. The Labute approximate surface area is 205 Å². The molecule has 4 rings (SSSR count). The van der Waals surface area contributed by atoms with E-state index in [1.807, 2.05) is 49.7 Å². The molecule has 0 spiro atoms. The molecule has 0 unspecified atom stereocenters. The molecule has 10 heteroatoms. The lowest BCUT2D eigenvalue weighted by Gasteiger charge is -2.40. The number of piperidine rings is 1. The summed E-state index contributed by atoms with van der Waals surface area (Å²) in [4.78, 5) is 23.9. The summed E-state index contributed by atoms with van der Waals surface area (Å²) in [6.07, 6.45) is 2.93. The summed E-state index contributed by atoms with van der Waals surface area (Å²) in [7, 11) is 1.65. The first-order valence-corrected chi connectivity index (χ1v) is 11.8. The monoisotopic (exact) mass is 484 g/mol. The predicted molar refractivity (Wildman–Crippen MR) is 134 cm³/mol. The van der Waals surface area contributed by atoms with Crippen molar-refractivity contribution in [1.29, 1.82) is 0 Å². The van der Waals surface area contributed by atoms with E-state index >= 15 is 0 Å². The Bertz CT molecular complexity index is 1160. The third kappa shape index (κ3) is 5.55. The van der Waals surface area contributed by atoms with Crippen LogP contribution in [0, 0.1) is 0 Å². The number of thiol groups is 1. The van der Waals surface area contributed by atoms with E-state index in [-0.39, 0.29) is 11.6 Å². The van der Waals surface area contributed by atoms with E-state index in [2.05, 4.69) is 39.9 Å². The van der Waals surface area contributed by atoms with Gasteiger partial charge < -0.3 is 19.7 Å². The Balaban J connectivity index is 1.47. The summed E-state index contributed by atoms with van der Waals surface area (Å²) in [5, 5.41) is 8.14. The number of carbonyl (C=O) groups is 1. The number of aromatic nitrogens is 4. The van der Waals surface area contributed by atoms with Crippen molar-refractivity contribution in [1.82, 2.24) is 25.1 Å². The fraction of sp³-hybridized carbons (Fsp3) is 0.500. The molecule has 3 heterocycles. The standard InChI is InChI=1S/C24H32N6O3S/c1-23(2,3)33-22(31)27-24(4)10-12-29(13-11-24)18-14-25-19-20(26-18)30(28-21(19)34)15-16-6-8-17(32-5)9-7-16/h6-9,14H,10-13,15H2,1-5H3,(H,27,31)(H,28,34). The summed E-state index contributed by atoms with van der Waals surface area (Å²) in [5.74, 6) is 1.60. The molecule has 1 aromatic carbocycles. The molecule has 1 saturated heterocycles. The Morgan fingerprint density at radius 1 is 1.21 bits per heavy atom. The molecule has 2 aromatic heterocycles. The lowest BCUT2D eigenvalue weighted by Crippen LogP contribution is -2.54. The van der Waals surface area contributed by atoms with Crippen LogP contribution < -0.4 is 15.0 Å². The number of hydrogen-bond acceptors (Lipinski definition) is 8. The first kappa shape index (κ1) is 24.1. The van der Waals surface area contributed by atoms with Crippen LogP contribution in [0.2, 0.25) is 0 Å². The third-order valence-corrected chi connectivity index (χ3v) is 6.20. The molecule has 34 heavy (non-hydrogen) atoms. The zero-order chi connectivity index (χ0) is 24.5. The van der Waals surface area contributed by atoms with Crippen LogP contribution in [0.4, 0.5) is 10.6 Å². The predicted octanol–water partition coefficient (Wildman–Crippen LogP) is 4.06. The van der Waals surface area contributed by atoms with Crippen LogP contribution in [0.5, 0.6) is 5.75 Å². The van der Waals surface area contributed by atoms with Crippen molar-refractivity contribution in [2.75, 3.05) is 25.1 Å². The van der Waals surface area contributed by atoms with Gasteiger partial charge in [0.25, 0.3) is 0 Å². The van der Waals surface area contributed by atoms with Gasteiger partial charge in [0.15, 0.2) is 5.65 Å². The highest BCUT2D eigenvalue weighted by Gasteiger charge is 2.33. The molecule has 182 valence electrons. The molecule has 0 atom stereocenters. The van der Waals surface area contributed by atoms with Crippen molar-refractivity contribution in [3.8, 4) is 5.75 Å². The minimum atomic E-state index is -0.521. The highest BCUT2D eigenvalue weighted by atomic mass is 32.1. The van der Waals surface area contributed by atoms with Gasteiger partial charge in [-0.25, -0.2) is 19.4 Å². The molecule has 0 saturated carbocycles. The van der Waals surface area contributed by atoms with Crippen molar-refractivity contribution in [3.63, 3.8) is 0 Å². The molecule has 0 radical (unpaired) electrons. The Morgan fingerprint density at radius 3 is 2.50 bits per heavy atom. The normalized spacial score (nSPS) is 15.9. The summed E-state index contributed by atoms with van der Waals surface area (Å²) < 4.78 is 12.5. The molecule has 3 aromatic rings. The van der Waals surface area contributed by atoms with Crippen molar-refractivity contribution < 1.29 is 14.3 Å². The number of hydrogen-bond donors (Lipinski definition) is 2. The van der Waals surface area contributed by atoms with E-state index in [0.717, 1.165) is 43.1 Å². The van der Waals surface area contributed by atoms with E-state index in [9.17, 15) is 4.79 Å². The number of nitrogens with zero attached hydrogens (tertiary/aromatic N) is 5. The van der Waals surface area contributed by atoms with Gasteiger partial charge in [-0.3, -0.25) is 0 Å². The summed E-state index contributed by atoms with van der Waals surface area (Å²) >= 11 is 4.49. The first-order valence-electron chi connectivity index (χ1n) is 11.4. The first-order chi connectivity index (χ1) is 16.0. The maximum atomic E-state index is 12.3. The number of ether oxygens (including phenoxy) is 2. The van der Waals surface area contributed by atoms with Gasteiger partial charge in [0.05, 0.1) is 19.9 Å². The highest BCUT2D eigenvalue weighted by molar-refractivity contribution is 7.80. The van der Waals surface area contributed by atoms with Crippen molar-refractivity contribution >= 4 is 35.7 Å². The molecular formula is C24H32N6O3S. The van der Waals surface area contributed by atoms with Crippen molar-refractivity contribution in [2.24, 2.45) is 0 Å². The van der Waals surface area contributed by atoms with Gasteiger partial charge in [-0.1, -0.05) is 12.1 Å². The van der Waals surface area contributed by atoms with Gasteiger partial charge in [0.1, 0.15) is 27.7 Å². The third-order valence-electron chi connectivity index (χ3n) is 5.90. The van der Waals surface area contributed by atoms with Gasteiger partial charge >= 0.3 is 6.09 Å². The van der Waals surface area contributed by atoms with E-state index in [1.54, 1.807) is 13.3 Å². The van der Waals surface area contributed by atoms with E-state index in [1.165, 1.54) is 0 Å². The average Bonchev–Trinajstić information content (AvgIpc) is 3.08. The van der Waals surface area contributed by atoms with Crippen LogP contribution in [0.15, 0.2) is 35.5 Å². The molecular weight excluding hydrogens is 452 g/mol. The minimum absolute atomic E-state index is 0.329. The van der Waals surface area contributed by atoms with Crippen molar-refractivity contribution in [2.45, 2.75) is 63.2 Å². The number of benzene rings is 1. The molecule has 1 N–H and O–H groups in total. The number of carbonyl (C=O) groups excluding carboxylic acids is 1. The largest absolute Gasteiger partial charge is 0.497 e. The molecule has 1 aliphatic heterocycles. The van der Waals surface area contributed by atoms with Crippen LogP contribution in [-0.2, 0) is 11.3 Å². The second-order valence-corrected chi connectivity index (χ2v) is 10.3. The zero-order valence-electron chi connectivity index (χ0n) is 20.3. The average molecular weight is 485 g/mol. The zero-order valence-corrected chi connectivity index (χ0v) is 21.2. The molecule has 9 nitrogen and oxygen atoms in total. The number of nitrogens with one attached hydrogen (secondary N) is 1. The summed E-state index contributed by atoms with van der Waals surface area (Å²) in [6.45, 7) is 9.68. The molecule has 1 aliphatic rings. The molecule has 0 aliphatic carbocycles. The van der Waals surface area contributed by atoms with E-state index in [0.29, 0.717) is 22.7 Å². The number of methoxy groups -OCH3 is 1.